The lowest BCUT2D eigenvalue weighted by Gasteiger charge is -2.06. The van der Waals surface area contributed by atoms with Gasteiger partial charge in [-0.15, -0.1) is 0 Å². The number of hydrogen-bond acceptors (Lipinski definition) is 3. The number of rotatable bonds is 4. The number of thiophene rings is 1. The Kier molecular flexibility index (Phi) is 3.54. The molecule has 3 nitrogen and oxygen atoms in total. The highest BCUT2D eigenvalue weighted by Crippen LogP contribution is 2.22. The summed E-state index contributed by atoms with van der Waals surface area (Å²) in [6.45, 7) is 2.02. The van der Waals surface area contributed by atoms with Crippen molar-refractivity contribution in [2.45, 2.75) is 19.8 Å². The van der Waals surface area contributed by atoms with Gasteiger partial charge in [-0.1, -0.05) is 13.3 Å². The first kappa shape index (κ1) is 11.8. The van der Waals surface area contributed by atoms with Gasteiger partial charge in [0.2, 0.25) is 0 Å². The molecule has 88 valence electrons. The molecule has 2 aromatic rings. The molecule has 0 spiro atoms. The molecule has 0 radical (unpaired) electrons. The minimum atomic E-state index is -0.905. The zero-order valence-electron chi connectivity index (χ0n) is 9.51. The third-order valence-electron chi connectivity index (χ3n) is 2.51. The largest absolute Gasteiger partial charge is 0.478 e. The molecule has 0 saturated heterocycles. The van der Waals surface area contributed by atoms with Crippen LogP contribution in [-0.4, -0.2) is 16.1 Å². The minimum Gasteiger partial charge on any atom is -0.478 e. The van der Waals surface area contributed by atoms with Crippen molar-refractivity contribution >= 4 is 17.3 Å². The molecule has 0 fully saturated rings. The predicted octanol–water partition coefficient (Wildman–Crippen LogP) is 3.46. The van der Waals surface area contributed by atoms with E-state index in [-0.39, 0.29) is 0 Å². The Bertz CT molecular complexity index is 520. The first-order chi connectivity index (χ1) is 8.22. The maximum atomic E-state index is 11.1. The molecule has 0 aliphatic heterocycles. The fraction of sp³-hybridized carbons (Fsp3) is 0.231. The van der Waals surface area contributed by atoms with Crippen LogP contribution in [0, 0.1) is 0 Å². The Hall–Kier alpha value is -1.68. The van der Waals surface area contributed by atoms with Crippen LogP contribution in [0.2, 0.25) is 0 Å². The highest BCUT2D eigenvalue weighted by atomic mass is 32.1. The zero-order valence-corrected chi connectivity index (χ0v) is 10.3. The normalized spacial score (nSPS) is 10.4. The standard InChI is InChI=1S/C13H13NO2S/c1-2-3-12-10(13(15)16)4-5-11(14-12)9-6-7-17-8-9/h4-8H,2-3H2,1H3,(H,15,16). The van der Waals surface area contributed by atoms with Crippen molar-refractivity contribution in [3.8, 4) is 11.3 Å². The van der Waals surface area contributed by atoms with Crippen molar-refractivity contribution in [1.82, 2.24) is 4.98 Å². The average molecular weight is 247 g/mol. The molecule has 0 unspecified atom stereocenters. The molecule has 0 bridgehead atoms. The Labute approximate surface area is 104 Å². The van der Waals surface area contributed by atoms with Gasteiger partial charge in [-0.3, -0.25) is 4.98 Å². The summed E-state index contributed by atoms with van der Waals surface area (Å²) in [7, 11) is 0. The first-order valence-corrected chi connectivity index (χ1v) is 6.42. The summed E-state index contributed by atoms with van der Waals surface area (Å²) < 4.78 is 0. The molecule has 1 N–H and O–H groups in total. The van der Waals surface area contributed by atoms with Crippen molar-refractivity contribution < 1.29 is 9.90 Å². The van der Waals surface area contributed by atoms with E-state index in [9.17, 15) is 4.79 Å². The van der Waals surface area contributed by atoms with Crippen LogP contribution in [0.1, 0.15) is 29.4 Å². The second-order valence-corrected chi connectivity index (χ2v) is 4.54. The third-order valence-corrected chi connectivity index (χ3v) is 3.19. The molecule has 17 heavy (non-hydrogen) atoms. The highest BCUT2D eigenvalue weighted by Gasteiger charge is 2.12. The number of nitrogens with zero attached hydrogens (tertiary/aromatic N) is 1. The van der Waals surface area contributed by atoms with Gasteiger partial charge in [-0.2, -0.15) is 11.3 Å². The molecule has 0 aromatic carbocycles. The summed E-state index contributed by atoms with van der Waals surface area (Å²) in [5.41, 5.74) is 2.87. The summed E-state index contributed by atoms with van der Waals surface area (Å²) in [6, 6.07) is 5.40. The summed E-state index contributed by atoms with van der Waals surface area (Å²) in [6.07, 6.45) is 1.58. The predicted molar refractivity (Wildman–Crippen MR) is 68.5 cm³/mol. The van der Waals surface area contributed by atoms with E-state index < -0.39 is 5.97 Å². The van der Waals surface area contributed by atoms with E-state index in [0.717, 1.165) is 17.7 Å². The van der Waals surface area contributed by atoms with Crippen molar-refractivity contribution in [1.29, 1.82) is 0 Å². The SMILES string of the molecule is CCCc1nc(-c2ccsc2)ccc1C(=O)O. The van der Waals surface area contributed by atoms with E-state index in [1.54, 1.807) is 23.5 Å². The van der Waals surface area contributed by atoms with E-state index in [2.05, 4.69) is 4.98 Å². The van der Waals surface area contributed by atoms with Crippen molar-refractivity contribution in [2.24, 2.45) is 0 Å². The van der Waals surface area contributed by atoms with E-state index >= 15 is 0 Å². The van der Waals surface area contributed by atoms with E-state index in [0.29, 0.717) is 17.7 Å². The summed E-state index contributed by atoms with van der Waals surface area (Å²) >= 11 is 1.61. The van der Waals surface area contributed by atoms with Gasteiger partial charge in [-0.25, -0.2) is 4.79 Å². The van der Waals surface area contributed by atoms with Crippen LogP contribution in [-0.2, 0) is 6.42 Å². The minimum absolute atomic E-state index is 0.311. The second-order valence-electron chi connectivity index (χ2n) is 3.76. The second kappa shape index (κ2) is 5.10. The quantitative estimate of drug-likeness (QED) is 0.900. The Morgan fingerprint density at radius 1 is 1.41 bits per heavy atom. The molecule has 0 aliphatic carbocycles. The molecule has 0 amide bonds. The lowest BCUT2D eigenvalue weighted by atomic mass is 10.1. The Balaban J connectivity index is 2.45. The smallest absolute Gasteiger partial charge is 0.337 e. The zero-order chi connectivity index (χ0) is 12.3. The van der Waals surface area contributed by atoms with Crippen LogP contribution < -0.4 is 0 Å². The van der Waals surface area contributed by atoms with Gasteiger partial charge in [-0.05, 0) is 30.0 Å². The van der Waals surface area contributed by atoms with Crippen LogP contribution in [0.5, 0.6) is 0 Å². The average Bonchev–Trinajstić information content (AvgIpc) is 2.82. The van der Waals surface area contributed by atoms with Crippen molar-refractivity contribution in [2.75, 3.05) is 0 Å². The maximum absolute atomic E-state index is 11.1. The van der Waals surface area contributed by atoms with Crippen molar-refractivity contribution in [3.05, 3.63) is 40.2 Å². The molecule has 0 aliphatic rings. The monoisotopic (exact) mass is 247 g/mol. The van der Waals surface area contributed by atoms with E-state index in [1.165, 1.54) is 0 Å². The Morgan fingerprint density at radius 3 is 2.82 bits per heavy atom. The van der Waals surface area contributed by atoms with Gasteiger partial charge >= 0.3 is 5.97 Å². The number of aromatic nitrogens is 1. The number of carbonyl (C=O) groups is 1. The molecule has 2 aromatic heterocycles. The molecular weight excluding hydrogens is 234 g/mol. The lowest BCUT2D eigenvalue weighted by Crippen LogP contribution is -2.05. The first-order valence-electron chi connectivity index (χ1n) is 5.48. The fourth-order valence-corrected chi connectivity index (χ4v) is 2.34. The highest BCUT2D eigenvalue weighted by molar-refractivity contribution is 7.08. The van der Waals surface area contributed by atoms with E-state index in [1.807, 2.05) is 23.8 Å². The van der Waals surface area contributed by atoms with Gasteiger partial charge in [0, 0.05) is 10.9 Å². The number of carboxylic acid groups (broad SMARTS) is 1. The van der Waals surface area contributed by atoms with Crippen LogP contribution in [0.3, 0.4) is 0 Å². The summed E-state index contributed by atoms with van der Waals surface area (Å²) in [4.78, 5) is 15.5. The van der Waals surface area contributed by atoms with Crippen molar-refractivity contribution in [3.63, 3.8) is 0 Å². The van der Waals surface area contributed by atoms with Gasteiger partial charge in [0.15, 0.2) is 0 Å². The molecule has 2 heterocycles. The molecule has 4 heteroatoms. The number of hydrogen-bond donors (Lipinski definition) is 1. The summed E-state index contributed by atoms with van der Waals surface area (Å²) in [5, 5.41) is 13.1. The number of pyridine rings is 1. The third kappa shape index (κ3) is 2.53. The van der Waals surface area contributed by atoms with Crippen LogP contribution in [0.15, 0.2) is 29.0 Å². The van der Waals surface area contributed by atoms with Gasteiger partial charge < -0.3 is 5.11 Å². The van der Waals surface area contributed by atoms with Gasteiger partial charge in [0.1, 0.15) is 0 Å². The summed E-state index contributed by atoms with van der Waals surface area (Å²) in [5.74, 6) is -0.905. The number of aromatic carboxylic acids is 1. The van der Waals surface area contributed by atoms with Gasteiger partial charge in [0.05, 0.1) is 17.0 Å². The molecule has 0 saturated carbocycles. The molecule has 2 rings (SSSR count). The lowest BCUT2D eigenvalue weighted by molar-refractivity contribution is 0.0695. The van der Waals surface area contributed by atoms with Crippen LogP contribution in [0.4, 0.5) is 0 Å². The fourth-order valence-electron chi connectivity index (χ4n) is 1.69. The van der Waals surface area contributed by atoms with Crippen LogP contribution >= 0.6 is 11.3 Å². The van der Waals surface area contributed by atoms with E-state index in [4.69, 9.17) is 5.11 Å². The Morgan fingerprint density at radius 2 is 2.24 bits per heavy atom. The van der Waals surface area contributed by atoms with Crippen LogP contribution in [0.25, 0.3) is 11.3 Å². The number of carboxylic acids is 1. The van der Waals surface area contributed by atoms with Gasteiger partial charge in [0.25, 0.3) is 0 Å². The maximum Gasteiger partial charge on any atom is 0.337 e. The molecular formula is C13H13NO2S. The molecule has 0 atom stereocenters. The topological polar surface area (TPSA) is 50.2 Å². The number of aryl methyl sites for hydroxylation is 1.